The zero-order valence-corrected chi connectivity index (χ0v) is 9.80. The van der Waals surface area contributed by atoms with Crippen molar-refractivity contribution >= 4 is 23.3 Å². The van der Waals surface area contributed by atoms with Gasteiger partial charge in [0.2, 0.25) is 0 Å². The fourth-order valence-corrected chi connectivity index (χ4v) is 1.68. The SMILES string of the molecule is Cc1ncsc1CNC(=O)N[C@H](C)C(=O)O. The maximum atomic E-state index is 11.3. The molecule has 1 rings (SSSR count). The second kappa shape index (κ2) is 5.45. The van der Waals surface area contributed by atoms with Gasteiger partial charge in [-0.3, -0.25) is 4.79 Å². The summed E-state index contributed by atoms with van der Waals surface area (Å²) >= 11 is 1.45. The lowest BCUT2D eigenvalue weighted by Crippen LogP contribution is -2.44. The summed E-state index contributed by atoms with van der Waals surface area (Å²) in [6.45, 7) is 3.61. The van der Waals surface area contributed by atoms with Crippen LogP contribution in [0, 0.1) is 6.92 Å². The van der Waals surface area contributed by atoms with E-state index in [1.807, 2.05) is 6.92 Å². The number of aromatic nitrogens is 1. The highest BCUT2D eigenvalue weighted by atomic mass is 32.1. The van der Waals surface area contributed by atoms with Gasteiger partial charge in [-0.15, -0.1) is 11.3 Å². The summed E-state index contributed by atoms with van der Waals surface area (Å²) in [6.07, 6.45) is 0. The van der Waals surface area contributed by atoms with Crippen LogP contribution >= 0.6 is 11.3 Å². The summed E-state index contributed by atoms with van der Waals surface area (Å²) in [4.78, 5) is 26.7. The number of hydrogen-bond donors (Lipinski definition) is 3. The van der Waals surface area contributed by atoms with E-state index in [9.17, 15) is 9.59 Å². The Morgan fingerprint density at radius 1 is 1.62 bits per heavy atom. The van der Waals surface area contributed by atoms with Crippen molar-refractivity contribution in [3.8, 4) is 0 Å². The standard InChI is InChI=1S/C9H13N3O3S/c1-5-7(16-4-11-5)3-10-9(15)12-6(2)8(13)14/h4,6H,3H2,1-2H3,(H,13,14)(H2,10,12,15)/t6-/m1/s1. The lowest BCUT2D eigenvalue weighted by atomic mass is 10.3. The molecule has 1 aromatic heterocycles. The minimum atomic E-state index is -1.07. The van der Waals surface area contributed by atoms with Crippen molar-refractivity contribution in [3.05, 3.63) is 16.1 Å². The normalized spacial score (nSPS) is 11.9. The summed E-state index contributed by atoms with van der Waals surface area (Å²) in [5, 5.41) is 13.4. The number of carboxylic acids is 1. The Bertz CT molecular complexity index is 391. The van der Waals surface area contributed by atoms with E-state index >= 15 is 0 Å². The van der Waals surface area contributed by atoms with Crippen LogP contribution in [-0.4, -0.2) is 28.1 Å². The molecule has 0 aliphatic carbocycles. The summed E-state index contributed by atoms with van der Waals surface area (Å²) in [5.74, 6) is -1.07. The molecule has 88 valence electrons. The summed E-state index contributed by atoms with van der Waals surface area (Å²) in [6, 6.07) is -1.40. The van der Waals surface area contributed by atoms with Crippen molar-refractivity contribution in [1.82, 2.24) is 15.6 Å². The molecular weight excluding hydrogens is 230 g/mol. The van der Waals surface area contributed by atoms with Gasteiger partial charge in [-0.05, 0) is 13.8 Å². The highest BCUT2D eigenvalue weighted by Gasteiger charge is 2.13. The molecule has 0 aliphatic rings. The maximum Gasteiger partial charge on any atom is 0.325 e. The molecule has 1 heterocycles. The number of aliphatic carboxylic acids is 1. The van der Waals surface area contributed by atoms with Crippen molar-refractivity contribution in [2.24, 2.45) is 0 Å². The minimum Gasteiger partial charge on any atom is -0.480 e. The largest absolute Gasteiger partial charge is 0.480 e. The summed E-state index contributed by atoms with van der Waals surface area (Å²) in [5.41, 5.74) is 2.57. The molecule has 0 unspecified atom stereocenters. The number of nitrogens with one attached hydrogen (secondary N) is 2. The molecule has 0 radical (unpaired) electrons. The number of carbonyl (C=O) groups is 2. The summed E-state index contributed by atoms with van der Waals surface area (Å²) < 4.78 is 0. The molecule has 0 aromatic carbocycles. The van der Waals surface area contributed by atoms with Crippen LogP contribution in [0.5, 0.6) is 0 Å². The molecule has 2 amide bonds. The number of carboxylic acid groups (broad SMARTS) is 1. The van der Waals surface area contributed by atoms with Crippen LogP contribution < -0.4 is 10.6 Å². The van der Waals surface area contributed by atoms with E-state index in [1.54, 1.807) is 5.51 Å². The van der Waals surface area contributed by atoms with Gasteiger partial charge >= 0.3 is 12.0 Å². The third-order valence-electron chi connectivity index (χ3n) is 1.97. The molecular formula is C9H13N3O3S. The molecule has 0 aliphatic heterocycles. The van der Waals surface area contributed by atoms with Gasteiger partial charge in [0.1, 0.15) is 6.04 Å². The van der Waals surface area contributed by atoms with E-state index < -0.39 is 18.0 Å². The van der Waals surface area contributed by atoms with Gasteiger partial charge in [-0.25, -0.2) is 9.78 Å². The van der Waals surface area contributed by atoms with Crippen molar-refractivity contribution in [2.45, 2.75) is 26.4 Å². The monoisotopic (exact) mass is 243 g/mol. The number of aryl methyl sites for hydroxylation is 1. The first kappa shape index (κ1) is 12.4. The number of hydrogen-bond acceptors (Lipinski definition) is 4. The molecule has 7 heteroatoms. The van der Waals surface area contributed by atoms with Gasteiger partial charge < -0.3 is 15.7 Å². The van der Waals surface area contributed by atoms with E-state index in [0.29, 0.717) is 6.54 Å². The highest BCUT2D eigenvalue weighted by molar-refractivity contribution is 7.09. The second-order valence-corrected chi connectivity index (χ2v) is 4.19. The zero-order chi connectivity index (χ0) is 12.1. The Kier molecular flexibility index (Phi) is 4.24. The molecule has 1 atom stereocenters. The maximum absolute atomic E-state index is 11.3. The summed E-state index contributed by atoms with van der Waals surface area (Å²) in [7, 11) is 0. The third kappa shape index (κ3) is 3.50. The van der Waals surface area contributed by atoms with Gasteiger partial charge in [0.15, 0.2) is 0 Å². The Morgan fingerprint density at radius 3 is 2.81 bits per heavy atom. The van der Waals surface area contributed by atoms with Crippen LogP contribution in [0.15, 0.2) is 5.51 Å². The predicted octanol–water partition coefficient (Wildman–Crippen LogP) is 0.724. The number of rotatable bonds is 4. The first-order valence-electron chi connectivity index (χ1n) is 4.67. The second-order valence-electron chi connectivity index (χ2n) is 3.25. The number of urea groups is 1. The molecule has 0 saturated carbocycles. The molecule has 0 fully saturated rings. The quantitative estimate of drug-likeness (QED) is 0.726. The predicted molar refractivity (Wildman–Crippen MR) is 59.3 cm³/mol. The van der Waals surface area contributed by atoms with Gasteiger partial charge in [0, 0.05) is 4.88 Å². The van der Waals surface area contributed by atoms with Crippen molar-refractivity contribution in [3.63, 3.8) is 0 Å². The van der Waals surface area contributed by atoms with Crippen molar-refractivity contribution in [2.75, 3.05) is 0 Å². The van der Waals surface area contributed by atoms with E-state index in [-0.39, 0.29) is 0 Å². The van der Waals surface area contributed by atoms with Gasteiger partial charge in [-0.1, -0.05) is 0 Å². The van der Waals surface area contributed by atoms with E-state index in [1.165, 1.54) is 18.3 Å². The van der Waals surface area contributed by atoms with Crippen LogP contribution in [-0.2, 0) is 11.3 Å². The van der Waals surface area contributed by atoms with E-state index in [0.717, 1.165) is 10.6 Å². The molecule has 0 spiro atoms. The fourth-order valence-electron chi connectivity index (χ4n) is 0.966. The Hall–Kier alpha value is -1.63. The number of carbonyl (C=O) groups excluding carboxylic acids is 1. The van der Waals surface area contributed by atoms with Crippen LogP contribution in [0.4, 0.5) is 4.79 Å². The van der Waals surface area contributed by atoms with Gasteiger partial charge in [-0.2, -0.15) is 0 Å². The van der Waals surface area contributed by atoms with Gasteiger partial charge in [0.25, 0.3) is 0 Å². The average Bonchev–Trinajstić information content (AvgIpc) is 2.61. The van der Waals surface area contributed by atoms with Crippen LogP contribution in [0.1, 0.15) is 17.5 Å². The Labute approximate surface area is 96.7 Å². The Balaban J connectivity index is 2.36. The lowest BCUT2D eigenvalue weighted by Gasteiger charge is -2.10. The molecule has 6 nitrogen and oxygen atoms in total. The molecule has 3 N–H and O–H groups in total. The van der Waals surface area contributed by atoms with Crippen LogP contribution in [0.3, 0.4) is 0 Å². The Morgan fingerprint density at radius 2 is 2.31 bits per heavy atom. The molecule has 1 aromatic rings. The average molecular weight is 243 g/mol. The van der Waals surface area contributed by atoms with Crippen LogP contribution in [0.25, 0.3) is 0 Å². The fraction of sp³-hybridized carbons (Fsp3) is 0.444. The smallest absolute Gasteiger partial charge is 0.325 e. The van der Waals surface area contributed by atoms with Gasteiger partial charge in [0.05, 0.1) is 17.7 Å². The topological polar surface area (TPSA) is 91.3 Å². The first-order valence-corrected chi connectivity index (χ1v) is 5.54. The molecule has 0 bridgehead atoms. The van der Waals surface area contributed by atoms with E-state index in [2.05, 4.69) is 15.6 Å². The minimum absolute atomic E-state index is 0.356. The molecule has 16 heavy (non-hydrogen) atoms. The number of nitrogens with zero attached hydrogens (tertiary/aromatic N) is 1. The van der Waals surface area contributed by atoms with Crippen molar-refractivity contribution in [1.29, 1.82) is 0 Å². The van der Waals surface area contributed by atoms with Crippen molar-refractivity contribution < 1.29 is 14.7 Å². The van der Waals surface area contributed by atoms with E-state index in [4.69, 9.17) is 5.11 Å². The third-order valence-corrected chi connectivity index (χ3v) is 2.91. The number of amides is 2. The van der Waals surface area contributed by atoms with Crippen LogP contribution in [0.2, 0.25) is 0 Å². The first-order chi connectivity index (χ1) is 7.50. The zero-order valence-electron chi connectivity index (χ0n) is 8.98. The lowest BCUT2D eigenvalue weighted by molar-refractivity contribution is -0.138. The molecule has 0 saturated heterocycles. The number of thiazole rings is 1. The highest BCUT2D eigenvalue weighted by Crippen LogP contribution is 2.10.